The van der Waals surface area contributed by atoms with Gasteiger partial charge in [0, 0.05) is 0 Å². The van der Waals surface area contributed by atoms with Gasteiger partial charge in [-0.05, 0) is 19.6 Å². The van der Waals surface area contributed by atoms with E-state index in [1.807, 2.05) is 20.8 Å². The molecule has 1 N–H and O–H groups in total. The average Bonchev–Trinajstić information content (AvgIpc) is 2.93. The van der Waals surface area contributed by atoms with Gasteiger partial charge in [-0.3, -0.25) is 0 Å². The summed E-state index contributed by atoms with van der Waals surface area (Å²) < 4.78 is 8.60. The smallest absolute Gasteiger partial charge is 0.0771 e. The van der Waals surface area contributed by atoms with E-state index in [-0.39, 0.29) is 37.8 Å². The summed E-state index contributed by atoms with van der Waals surface area (Å²) in [5, 5.41) is 5.39. The Bertz CT molecular complexity index is 739. The van der Waals surface area contributed by atoms with Gasteiger partial charge in [0.2, 0.25) is 0 Å². The zero-order valence-corrected chi connectivity index (χ0v) is 24.6. The van der Waals surface area contributed by atoms with Crippen LogP contribution in [0, 0.1) is 14.4 Å². The molecule has 0 amide bonds. The molecule has 0 aliphatic carbocycles. The molecule has 0 atom stereocenters. The fourth-order valence-corrected chi connectivity index (χ4v) is 2.82. The van der Waals surface area contributed by atoms with E-state index in [9.17, 15) is 0 Å². The molecule has 0 spiro atoms. The van der Waals surface area contributed by atoms with Gasteiger partial charge in [-0.15, -0.1) is 70.1 Å². The van der Waals surface area contributed by atoms with Crippen molar-refractivity contribution in [1.29, 1.82) is 0 Å². The summed E-state index contributed by atoms with van der Waals surface area (Å²) in [5.41, 5.74) is 6.69. The molecule has 3 aromatic rings. The number of halogens is 2. The second-order valence-corrected chi connectivity index (χ2v) is 12.5. The minimum Gasteiger partial charge on any atom is -0.358 e. The molecule has 0 heterocycles. The Morgan fingerprint density at radius 3 is 1.47 bits per heavy atom. The van der Waals surface area contributed by atoms with E-state index in [0.29, 0.717) is 6.61 Å². The maximum atomic E-state index is 6.94. The van der Waals surface area contributed by atoms with Gasteiger partial charge >= 0.3 is 28.4 Å². The van der Waals surface area contributed by atoms with Crippen LogP contribution in [0.25, 0.3) is 27.3 Å². The molecule has 6 heteroatoms. The van der Waals surface area contributed by atoms with E-state index in [1.165, 1.54) is 45.8 Å². The van der Waals surface area contributed by atoms with Crippen LogP contribution in [0.2, 0.25) is 19.6 Å². The van der Waals surface area contributed by atoms with Gasteiger partial charge in [0.25, 0.3) is 0 Å². The van der Waals surface area contributed by atoms with Gasteiger partial charge in [0.1, 0.15) is 0 Å². The van der Waals surface area contributed by atoms with Gasteiger partial charge in [-0.25, -0.2) is 0 Å². The second-order valence-electron chi connectivity index (χ2n) is 8.03. The Morgan fingerprint density at radius 1 is 0.933 bits per heavy atom. The number of hydrogen-bond acceptors (Lipinski definition) is 1. The van der Waals surface area contributed by atoms with Crippen molar-refractivity contribution < 1.29 is 28.7 Å². The molecule has 2 nitrogen and oxygen atoms in total. The van der Waals surface area contributed by atoms with Crippen molar-refractivity contribution in [3.05, 3.63) is 74.7 Å². The molecule has 0 aromatic heterocycles. The Labute approximate surface area is 213 Å². The molecule has 0 aliphatic heterocycles. The SMILES string of the molecule is CC(C)(C)[NH-].Cl.Cl.[CH2-]CO[Si](C)(C)C.[CH2]=[Zr].[CH3-].c1ccc2c(c1)[cH-]c1ccccc12. The minimum absolute atomic E-state index is 0. The molecule has 0 fully saturated rings. The Morgan fingerprint density at radius 2 is 1.23 bits per heavy atom. The zero-order chi connectivity index (χ0) is 21.1. The molecular weight excluding hydrogens is 508 g/mol. The summed E-state index contributed by atoms with van der Waals surface area (Å²) in [6.07, 6.45) is 0. The Balaban J connectivity index is -0.000000174. The van der Waals surface area contributed by atoms with Crippen LogP contribution >= 0.6 is 24.8 Å². The van der Waals surface area contributed by atoms with Crippen LogP contribution in [-0.4, -0.2) is 24.7 Å². The maximum Gasteiger partial charge on any atom is -0.0771 e. The summed E-state index contributed by atoms with van der Waals surface area (Å²) in [7, 11) is -1.22. The van der Waals surface area contributed by atoms with E-state index >= 15 is 0 Å². The van der Waals surface area contributed by atoms with Crippen molar-refractivity contribution in [2.45, 2.75) is 46.0 Å². The van der Waals surface area contributed by atoms with Crippen LogP contribution in [0.3, 0.4) is 0 Å². The summed E-state index contributed by atoms with van der Waals surface area (Å²) >= 11 is 1.30. The van der Waals surface area contributed by atoms with Gasteiger partial charge < -0.3 is 24.5 Å². The average molecular weight is 548 g/mol. The standard InChI is InChI=1S/C13H9.C5H13OSi.C4H10N.CH3.CH2.2ClH.Zr/c1-3-7-12-10(5-1)9-11-6-2-4-8-13(11)12;1-5-6-7(2,3)4;1-4(2,3)5;;;;;/h1-9H;1,5H2,2-4H3;5H,1-3H3;1H3;1H2;2*1H;/q4*-1;;;;. The molecule has 0 bridgehead atoms. The fraction of sp³-hybridized carbons (Fsp3) is 0.333. The van der Waals surface area contributed by atoms with E-state index in [4.69, 9.17) is 10.2 Å². The summed E-state index contributed by atoms with van der Waals surface area (Å²) in [5.74, 6) is 0. The third kappa shape index (κ3) is 17.5. The number of hydrogen-bond donors (Lipinski definition) is 0. The van der Waals surface area contributed by atoms with Crippen LogP contribution in [0.4, 0.5) is 0 Å². The molecule has 0 radical (unpaired) electrons. The normalized spacial score (nSPS) is 9.70. The summed E-state index contributed by atoms with van der Waals surface area (Å²) in [6, 6.07) is 19.3. The molecule has 0 saturated heterocycles. The van der Waals surface area contributed by atoms with Crippen molar-refractivity contribution in [2.24, 2.45) is 0 Å². The molecular formula is C24H39Cl2NOSiZr-4. The van der Waals surface area contributed by atoms with Crippen molar-refractivity contribution >= 4 is 58.9 Å². The Kier molecular flexibility index (Phi) is 22.7. The monoisotopic (exact) mass is 545 g/mol. The van der Waals surface area contributed by atoms with Crippen LogP contribution in [0.15, 0.2) is 54.6 Å². The minimum atomic E-state index is -1.22. The Hall–Kier alpha value is -0.220. The molecule has 0 unspecified atom stereocenters. The molecule has 3 rings (SSSR count). The zero-order valence-electron chi connectivity index (χ0n) is 19.5. The van der Waals surface area contributed by atoms with Gasteiger partial charge in [0.15, 0.2) is 8.32 Å². The van der Waals surface area contributed by atoms with Gasteiger partial charge in [-0.1, -0.05) is 63.8 Å². The fourth-order valence-electron chi connectivity index (χ4n) is 2.21. The third-order valence-electron chi connectivity index (χ3n) is 3.06. The maximum absolute atomic E-state index is 6.94. The quantitative estimate of drug-likeness (QED) is 0.234. The predicted molar refractivity (Wildman–Crippen MR) is 144 cm³/mol. The molecule has 30 heavy (non-hydrogen) atoms. The molecule has 0 saturated carbocycles. The van der Waals surface area contributed by atoms with E-state index in [2.05, 4.69) is 85.4 Å². The van der Waals surface area contributed by atoms with Crippen molar-refractivity contribution in [1.82, 2.24) is 0 Å². The predicted octanol–water partition coefficient (Wildman–Crippen LogP) is 8.48. The van der Waals surface area contributed by atoms with Crippen molar-refractivity contribution in [3.63, 3.8) is 0 Å². The van der Waals surface area contributed by atoms with Crippen LogP contribution < -0.4 is 0 Å². The van der Waals surface area contributed by atoms with E-state index < -0.39 is 8.32 Å². The first-order chi connectivity index (χ1) is 12.5. The number of rotatable bonds is 2. The van der Waals surface area contributed by atoms with Crippen LogP contribution in [0.1, 0.15) is 20.8 Å². The largest absolute Gasteiger partial charge is 0.358 e. The molecule has 0 aliphatic rings. The van der Waals surface area contributed by atoms with Gasteiger partial charge in [0.05, 0.1) is 0 Å². The third-order valence-corrected chi connectivity index (χ3v) is 4.13. The molecule has 172 valence electrons. The van der Waals surface area contributed by atoms with E-state index in [0.717, 1.165) is 0 Å². The number of nitrogens with one attached hydrogen (secondary N) is 1. The topological polar surface area (TPSA) is 33.0 Å². The second kappa shape index (κ2) is 18.4. The first-order valence-corrected chi connectivity index (χ1v) is 14.2. The van der Waals surface area contributed by atoms with Crippen molar-refractivity contribution in [3.8, 4) is 0 Å². The van der Waals surface area contributed by atoms with Crippen molar-refractivity contribution in [2.75, 3.05) is 6.61 Å². The number of fused-ring (bicyclic) bond motifs is 3. The summed E-state index contributed by atoms with van der Waals surface area (Å²) in [6.45, 7) is 16.2. The summed E-state index contributed by atoms with van der Waals surface area (Å²) in [4.78, 5) is 0. The first-order valence-electron chi connectivity index (χ1n) is 9.08. The number of benzene rings is 2. The molecule has 3 aromatic carbocycles. The van der Waals surface area contributed by atoms with Crippen LogP contribution in [-0.2, 0) is 28.7 Å². The van der Waals surface area contributed by atoms with Gasteiger partial charge in [-0.2, -0.15) is 0 Å². The van der Waals surface area contributed by atoms with Crippen LogP contribution in [0.5, 0.6) is 0 Å². The first kappa shape index (κ1) is 37.1. The van der Waals surface area contributed by atoms with E-state index in [1.54, 1.807) is 0 Å².